The van der Waals surface area contributed by atoms with Gasteiger partial charge in [-0.25, -0.2) is 4.79 Å². The third kappa shape index (κ3) is 1.93. The number of imide groups is 1. The van der Waals surface area contributed by atoms with E-state index in [1.54, 1.807) is 18.3 Å². The Kier molecular flexibility index (Phi) is 2.74. The van der Waals surface area contributed by atoms with Gasteiger partial charge in [0, 0.05) is 18.0 Å². The van der Waals surface area contributed by atoms with Crippen LogP contribution in [0, 0.1) is 0 Å². The second-order valence-corrected chi connectivity index (χ2v) is 4.62. The zero-order valence-corrected chi connectivity index (χ0v) is 10.4. The van der Waals surface area contributed by atoms with E-state index in [0.717, 1.165) is 0 Å². The number of nitrogens with one attached hydrogen (secondary N) is 1. The molecule has 0 saturated carbocycles. The van der Waals surface area contributed by atoms with E-state index in [1.807, 2.05) is 0 Å². The lowest BCUT2D eigenvalue weighted by atomic mass is 10.1. The summed E-state index contributed by atoms with van der Waals surface area (Å²) in [5.41, 5.74) is 0.649. The molecule has 1 unspecified atom stereocenters. The van der Waals surface area contributed by atoms with Gasteiger partial charge in [-0.3, -0.25) is 19.6 Å². The number of carboxylic acids is 1. The molecule has 0 bridgehead atoms. The lowest BCUT2D eigenvalue weighted by Crippen LogP contribution is -2.41. The van der Waals surface area contributed by atoms with E-state index in [0.29, 0.717) is 17.3 Å². The molecule has 3 rings (SSSR count). The average Bonchev–Trinajstić information content (AvgIpc) is 2.81. The van der Waals surface area contributed by atoms with Crippen molar-refractivity contribution < 1.29 is 19.5 Å². The summed E-state index contributed by atoms with van der Waals surface area (Å²) in [6.07, 6.45) is 2.15. The molecule has 102 valence electrons. The first-order valence-corrected chi connectivity index (χ1v) is 6.11. The van der Waals surface area contributed by atoms with Crippen LogP contribution in [0.3, 0.4) is 0 Å². The largest absolute Gasteiger partial charge is 0.478 e. The number of piperidine rings is 1. The molecule has 1 aliphatic rings. The van der Waals surface area contributed by atoms with Gasteiger partial charge < -0.3 is 5.11 Å². The molecule has 2 aromatic rings. The number of aromatic nitrogens is 2. The van der Waals surface area contributed by atoms with Gasteiger partial charge in [0.1, 0.15) is 6.04 Å². The van der Waals surface area contributed by atoms with Gasteiger partial charge in [0.25, 0.3) is 5.91 Å². The number of carboxylic acid groups (broad SMARTS) is 1. The molecular weight excluding hydrogens is 262 g/mol. The van der Waals surface area contributed by atoms with Crippen LogP contribution < -0.4 is 5.32 Å². The van der Waals surface area contributed by atoms with Crippen molar-refractivity contribution in [3.63, 3.8) is 0 Å². The van der Waals surface area contributed by atoms with Gasteiger partial charge >= 0.3 is 5.97 Å². The molecule has 2 heterocycles. The van der Waals surface area contributed by atoms with Crippen molar-refractivity contribution in [2.24, 2.45) is 0 Å². The molecule has 7 heteroatoms. The molecule has 1 saturated heterocycles. The fraction of sp³-hybridized carbons (Fsp3) is 0.231. The minimum absolute atomic E-state index is 0.140. The zero-order chi connectivity index (χ0) is 14.3. The molecule has 1 aliphatic heterocycles. The topological polar surface area (TPSA) is 101 Å². The number of fused-ring (bicyclic) bond motifs is 1. The van der Waals surface area contributed by atoms with E-state index in [1.165, 1.54) is 10.7 Å². The van der Waals surface area contributed by atoms with E-state index in [2.05, 4.69) is 10.4 Å². The fourth-order valence-electron chi connectivity index (χ4n) is 2.34. The van der Waals surface area contributed by atoms with Crippen LogP contribution in [0.4, 0.5) is 0 Å². The summed E-state index contributed by atoms with van der Waals surface area (Å²) >= 11 is 0. The van der Waals surface area contributed by atoms with E-state index in [9.17, 15) is 14.4 Å². The monoisotopic (exact) mass is 273 g/mol. The van der Waals surface area contributed by atoms with Crippen LogP contribution in [0.1, 0.15) is 29.2 Å². The highest BCUT2D eigenvalue weighted by molar-refractivity contribution is 6.03. The third-order valence-electron chi connectivity index (χ3n) is 3.33. The summed E-state index contributed by atoms with van der Waals surface area (Å²) < 4.78 is 1.43. The van der Waals surface area contributed by atoms with Crippen LogP contribution in [-0.2, 0) is 9.59 Å². The van der Waals surface area contributed by atoms with Gasteiger partial charge in [-0.15, -0.1) is 0 Å². The number of carbonyl (C=O) groups is 3. The Hall–Kier alpha value is -2.70. The summed E-state index contributed by atoms with van der Waals surface area (Å²) in [7, 11) is 0. The number of nitrogens with zero attached hydrogens (tertiary/aromatic N) is 2. The lowest BCUT2D eigenvalue weighted by molar-refractivity contribution is -0.135. The van der Waals surface area contributed by atoms with Crippen LogP contribution in [0.5, 0.6) is 0 Å². The predicted molar refractivity (Wildman–Crippen MR) is 68.1 cm³/mol. The molecule has 2 N–H and O–H groups in total. The van der Waals surface area contributed by atoms with E-state index < -0.39 is 17.9 Å². The van der Waals surface area contributed by atoms with Crippen molar-refractivity contribution in [3.8, 4) is 0 Å². The summed E-state index contributed by atoms with van der Waals surface area (Å²) in [6.45, 7) is 0. The first kappa shape index (κ1) is 12.3. The smallest absolute Gasteiger partial charge is 0.336 e. The first-order chi connectivity index (χ1) is 9.56. The molecule has 7 nitrogen and oxygen atoms in total. The molecule has 1 fully saturated rings. The van der Waals surface area contributed by atoms with Crippen LogP contribution in [0.15, 0.2) is 24.4 Å². The highest BCUT2D eigenvalue weighted by atomic mass is 16.4. The summed E-state index contributed by atoms with van der Waals surface area (Å²) in [5.74, 6) is -1.75. The summed E-state index contributed by atoms with van der Waals surface area (Å²) in [4.78, 5) is 34.1. The van der Waals surface area contributed by atoms with Crippen LogP contribution >= 0.6 is 0 Å². The molecular formula is C13H11N3O4. The van der Waals surface area contributed by atoms with Gasteiger partial charge in [0.2, 0.25) is 5.91 Å². The Morgan fingerprint density at radius 2 is 2.20 bits per heavy atom. The van der Waals surface area contributed by atoms with Crippen molar-refractivity contribution in [1.29, 1.82) is 0 Å². The maximum Gasteiger partial charge on any atom is 0.336 e. The second kappa shape index (κ2) is 4.44. The van der Waals surface area contributed by atoms with Crippen LogP contribution in [0.2, 0.25) is 0 Å². The van der Waals surface area contributed by atoms with Gasteiger partial charge in [0.05, 0.1) is 11.1 Å². The number of benzene rings is 1. The number of hydrogen-bond donors (Lipinski definition) is 2. The normalized spacial score (nSPS) is 19.1. The minimum atomic E-state index is -1.04. The molecule has 20 heavy (non-hydrogen) atoms. The summed E-state index contributed by atoms with van der Waals surface area (Å²) in [6, 6.07) is 4.19. The zero-order valence-electron chi connectivity index (χ0n) is 10.4. The molecule has 2 amide bonds. The number of hydrogen-bond acceptors (Lipinski definition) is 4. The van der Waals surface area contributed by atoms with Gasteiger partial charge in [-0.2, -0.15) is 5.10 Å². The molecule has 0 aliphatic carbocycles. The number of carbonyl (C=O) groups excluding carboxylic acids is 2. The highest BCUT2D eigenvalue weighted by Crippen LogP contribution is 2.23. The average molecular weight is 273 g/mol. The Morgan fingerprint density at radius 1 is 1.40 bits per heavy atom. The van der Waals surface area contributed by atoms with Gasteiger partial charge in [-0.05, 0) is 18.6 Å². The second-order valence-electron chi connectivity index (χ2n) is 4.62. The molecule has 1 atom stereocenters. The van der Waals surface area contributed by atoms with E-state index >= 15 is 0 Å². The SMILES string of the molecule is O=C1CCC(n2cc3c(C(=O)O)cccc3n2)C(=O)N1. The standard InChI is InChI=1S/C13H11N3O4/c17-11-5-4-10(12(18)14-11)16-6-8-7(13(19)20)2-1-3-9(8)15-16/h1-3,6,10H,4-5H2,(H,19,20)(H,14,17,18). The Morgan fingerprint density at radius 3 is 2.90 bits per heavy atom. The molecule has 1 aromatic heterocycles. The summed E-state index contributed by atoms with van der Waals surface area (Å²) in [5, 5.41) is 16.1. The Bertz CT molecular complexity index is 734. The van der Waals surface area contributed by atoms with Crippen molar-refractivity contribution in [2.45, 2.75) is 18.9 Å². The van der Waals surface area contributed by atoms with Crippen LogP contribution in [0.25, 0.3) is 10.9 Å². The van der Waals surface area contributed by atoms with E-state index in [-0.39, 0.29) is 17.9 Å². The number of aromatic carboxylic acids is 1. The first-order valence-electron chi connectivity index (χ1n) is 6.11. The lowest BCUT2D eigenvalue weighted by Gasteiger charge is -2.20. The van der Waals surface area contributed by atoms with Gasteiger partial charge in [0.15, 0.2) is 0 Å². The van der Waals surface area contributed by atoms with Crippen LogP contribution in [-0.4, -0.2) is 32.7 Å². The number of amides is 2. The maximum absolute atomic E-state index is 11.8. The fourth-order valence-corrected chi connectivity index (χ4v) is 2.34. The van der Waals surface area contributed by atoms with Crippen molar-refractivity contribution >= 4 is 28.7 Å². The molecule has 0 spiro atoms. The number of rotatable bonds is 2. The van der Waals surface area contributed by atoms with Crippen molar-refractivity contribution in [1.82, 2.24) is 15.1 Å². The van der Waals surface area contributed by atoms with Crippen molar-refractivity contribution in [2.75, 3.05) is 0 Å². The predicted octanol–water partition coefficient (Wildman–Crippen LogP) is 0.712. The Labute approximate surface area is 113 Å². The quantitative estimate of drug-likeness (QED) is 0.785. The Balaban J connectivity index is 2.05. The third-order valence-corrected chi connectivity index (χ3v) is 3.33. The minimum Gasteiger partial charge on any atom is -0.478 e. The van der Waals surface area contributed by atoms with Gasteiger partial charge in [-0.1, -0.05) is 6.07 Å². The highest BCUT2D eigenvalue weighted by Gasteiger charge is 2.29. The van der Waals surface area contributed by atoms with Crippen molar-refractivity contribution in [3.05, 3.63) is 30.0 Å². The molecule has 0 radical (unpaired) electrons. The molecule has 1 aromatic carbocycles. The van der Waals surface area contributed by atoms with E-state index in [4.69, 9.17) is 5.11 Å². The maximum atomic E-state index is 11.8.